The van der Waals surface area contributed by atoms with Gasteiger partial charge in [-0.1, -0.05) is 12.8 Å². The van der Waals surface area contributed by atoms with Gasteiger partial charge in [0.2, 0.25) is 6.08 Å². The average Bonchev–Trinajstić information content (AvgIpc) is 2.53. The molecule has 13 heteroatoms. The quantitative estimate of drug-likeness (QED) is 0.173. The lowest BCUT2D eigenvalue weighted by Gasteiger charge is -2.32. The minimum absolute atomic E-state index is 0.178. The summed E-state index contributed by atoms with van der Waals surface area (Å²) in [5.41, 5.74) is 0. The van der Waals surface area contributed by atoms with Crippen LogP contribution in [0.1, 0.15) is 25.7 Å². The number of alkyl halides is 8. The van der Waals surface area contributed by atoms with Crippen LogP contribution in [0.25, 0.3) is 0 Å². The molecular weight excluding hydrogens is 384 g/mol. The number of isocyanates is 1. The van der Waals surface area contributed by atoms with E-state index in [1.54, 1.807) is 0 Å². The van der Waals surface area contributed by atoms with Crippen molar-refractivity contribution in [3.05, 3.63) is 0 Å². The second-order valence-corrected chi connectivity index (χ2v) is 4.87. The maximum absolute atomic E-state index is 13.1. The van der Waals surface area contributed by atoms with Crippen molar-refractivity contribution in [1.82, 2.24) is 5.32 Å². The number of halogens is 8. The highest BCUT2D eigenvalue weighted by molar-refractivity contribution is 5.32. The Morgan fingerprint density at radius 1 is 1.04 bits per heavy atom. The molecule has 0 amide bonds. The van der Waals surface area contributed by atoms with E-state index in [9.17, 15) is 39.9 Å². The molecule has 0 aromatic heterocycles. The first-order valence-electron chi connectivity index (χ1n) is 7.16. The van der Waals surface area contributed by atoms with E-state index in [1.807, 2.05) is 5.32 Å². The average molecular weight is 402 g/mol. The minimum atomic E-state index is -6.17. The highest BCUT2D eigenvalue weighted by atomic mass is 19.4. The van der Waals surface area contributed by atoms with Crippen molar-refractivity contribution >= 4 is 12.6 Å². The molecule has 2 N–H and O–H groups in total. The molecule has 154 valence electrons. The molecule has 0 heterocycles. The van der Waals surface area contributed by atoms with E-state index < -0.39 is 30.7 Å². The van der Waals surface area contributed by atoms with Crippen LogP contribution in [0.5, 0.6) is 0 Å². The van der Waals surface area contributed by atoms with Gasteiger partial charge in [-0.05, 0) is 19.4 Å². The number of carbonyl (C=O) groups excluding carboxylic acids is 1. The number of aliphatic imine (C=N–C) groups is 1. The Morgan fingerprint density at radius 2 is 1.54 bits per heavy atom. The number of hydrogen-bond donors (Lipinski definition) is 2. The van der Waals surface area contributed by atoms with Gasteiger partial charge in [0, 0.05) is 0 Å². The second kappa shape index (κ2) is 12.6. The van der Waals surface area contributed by atoms with Crippen LogP contribution < -0.4 is 5.32 Å². The van der Waals surface area contributed by atoms with Gasteiger partial charge in [-0.15, -0.1) is 0 Å². The molecule has 0 fully saturated rings. The third kappa shape index (κ3) is 8.56. The molecule has 0 aromatic carbocycles. The Kier molecular flexibility index (Phi) is 12.8. The highest BCUT2D eigenvalue weighted by Gasteiger charge is 2.74. The first-order chi connectivity index (χ1) is 11.9. The number of nitrogens with one attached hydrogen (secondary N) is 1. The van der Waals surface area contributed by atoms with Crippen LogP contribution in [-0.2, 0) is 9.59 Å². The Balaban J connectivity index is 0. The van der Waals surface area contributed by atoms with Crippen LogP contribution in [0, 0.1) is 0 Å². The first kappa shape index (κ1) is 26.5. The fraction of sp³-hybridized carbons (Fsp3) is 0.846. The monoisotopic (exact) mass is 402 g/mol. The molecule has 0 radical (unpaired) electrons. The molecule has 0 unspecified atom stereocenters. The molecule has 0 aromatic rings. The SMILES string of the molecule is O=C=NCCCCCCNCC(F)(F)C(F)(F)C(F)(F)C(F)F.O=CO. The normalized spacial score (nSPS) is 12.2. The van der Waals surface area contributed by atoms with E-state index in [2.05, 4.69) is 4.99 Å². The lowest BCUT2D eigenvalue weighted by Crippen LogP contribution is -2.60. The van der Waals surface area contributed by atoms with Gasteiger partial charge < -0.3 is 10.4 Å². The molecule has 0 aliphatic rings. The van der Waals surface area contributed by atoms with E-state index in [0.29, 0.717) is 19.3 Å². The number of hydrogen-bond acceptors (Lipinski definition) is 4. The van der Waals surface area contributed by atoms with E-state index >= 15 is 0 Å². The zero-order valence-corrected chi connectivity index (χ0v) is 13.3. The summed E-state index contributed by atoms with van der Waals surface area (Å²) in [6, 6.07) is 0. The van der Waals surface area contributed by atoms with Crippen LogP contribution in [-0.4, -0.2) is 61.5 Å². The van der Waals surface area contributed by atoms with Crippen LogP contribution in [0.15, 0.2) is 4.99 Å². The smallest absolute Gasteiger partial charge is 0.379 e. The highest BCUT2D eigenvalue weighted by Crippen LogP contribution is 2.48. The fourth-order valence-electron chi connectivity index (χ4n) is 1.58. The number of rotatable bonds is 12. The van der Waals surface area contributed by atoms with E-state index in [1.165, 1.54) is 6.08 Å². The van der Waals surface area contributed by atoms with Crippen molar-refractivity contribution in [2.75, 3.05) is 19.6 Å². The van der Waals surface area contributed by atoms with Crippen molar-refractivity contribution in [2.45, 2.75) is 49.9 Å². The third-order valence-electron chi connectivity index (χ3n) is 2.94. The van der Waals surface area contributed by atoms with Crippen molar-refractivity contribution < 1.29 is 49.8 Å². The molecule has 0 aliphatic carbocycles. The molecule has 0 saturated heterocycles. The van der Waals surface area contributed by atoms with Crippen molar-refractivity contribution in [3.8, 4) is 0 Å². The van der Waals surface area contributed by atoms with Gasteiger partial charge in [0.15, 0.2) is 0 Å². The number of carbonyl (C=O) groups is 1. The summed E-state index contributed by atoms with van der Waals surface area (Å²) in [6.45, 7) is -2.02. The predicted octanol–water partition coefficient (Wildman–Crippen LogP) is 3.34. The van der Waals surface area contributed by atoms with Gasteiger partial charge in [0.1, 0.15) is 0 Å². The van der Waals surface area contributed by atoms with E-state index in [4.69, 9.17) is 9.90 Å². The van der Waals surface area contributed by atoms with Gasteiger partial charge in [0.25, 0.3) is 6.47 Å². The van der Waals surface area contributed by atoms with Crippen molar-refractivity contribution in [2.24, 2.45) is 4.99 Å². The molecule has 0 saturated carbocycles. The third-order valence-corrected chi connectivity index (χ3v) is 2.94. The number of carboxylic acid groups (broad SMARTS) is 1. The summed E-state index contributed by atoms with van der Waals surface area (Å²) in [6.07, 6.45) is -1.68. The van der Waals surface area contributed by atoms with Crippen molar-refractivity contribution in [3.63, 3.8) is 0 Å². The molecule has 0 rings (SSSR count). The standard InChI is InChI=1S/C12H16F8N2O.CH2O2/c13-9(14)11(17,18)12(19,20)10(15,16)7-21-5-3-1-2-4-6-22-8-23;2-1-3/h9,21H,1-7H2;1H,(H,2,3). The summed E-state index contributed by atoms with van der Waals surface area (Å²) in [7, 11) is 0. The molecule has 0 bridgehead atoms. The molecule has 26 heavy (non-hydrogen) atoms. The summed E-state index contributed by atoms with van der Waals surface area (Å²) >= 11 is 0. The molecule has 0 aliphatic heterocycles. The van der Waals surface area contributed by atoms with Crippen molar-refractivity contribution in [1.29, 1.82) is 0 Å². The zero-order chi connectivity index (χ0) is 20.9. The predicted molar refractivity (Wildman–Crippen MR) is 73.9 cm³/mol. The van der Waals surface area contributed by atoms with Gasteiger partial charge >= 0.3 is 24.2 Å². The maximum atomic E-state index is 13.1. The lowest BCUT2D eigenvalue weighted by molar-refractivity contribution is -0.336. The zero-order valence-electron chi connectivity index (χ0n) is 13.3. The second-order valence-electron chi connectivity index (χ2n) is 4.87. The summed E-state index contributed by atoms with van der Waals surface area (Å²) in [5.74, 6) is -17.6. The summed E-state index contributed by atoms with van der Waals surface area (Å²) < 4.78 is 101. The van der Waals surface area contributed by atoms with Crippen LogP contribution in [0.3, 0.4) is 0 Å². The Hall–Kier alpha value is -1.75. The summed E-state index contributed by atoms with van der Waals surface area (Å²) in [5, 5.41) is 8.74. The van der Waals surface area contributed by atoms with Crippen LogP contribution in [0.4, 0.5) is 35.1 Å². The Labute approximate surface area is 143 Å². The van der Waals surface area contributed by atoms with Crippen LogP contribution in [0.2, 0.25) is 0 Å². The summed E-state index contributed by atoms with van der Waals surface area (Å²) in [4.78, 5) is 21.4. The Bertz CT molecular complexity index is 443. The van der Waals surface area contributed by atoms with E-state index in [-0.39, 0.29) is 26.0 Å². The fourth-order valence-corrected chi connectivity index (χ4v) is 1.58. The minimum Gasteiger partial charge on any atom is -0.483 e. The first-order valence-corrected chi connectivity index (χ1v) is 7.16. The molecular formula is C13H18F8N2O3. The van der Waals surface area contributed by atoms with Gasteiger partial charge in [0.05, 0.1) is 13.1 Å². The Morgan fingerprint density at radius 3 is 2.00 bits per heavy atom. The topological polar surface area (TPSA) is 78.8 Å². The van der Waals surface area contributed by atoms with Gasteiger partial charge in [-0.2, -0.15) is 26.3 Å². The van der Waals surface area contributed by atoms with Gasteiger partial charge in [-0.3, -0.25) is 4.79 Å². The largest absolute Gasteiger partial charge is 0.483 e. The lowest BCUT2D eigenvalue weighted by atomic mass is 10.0. The molecule has 0 spiro atoms. The van der Waals surface area contributed by atoms with E-state index in [0.717, 1.165) is 0 Å². The number of nitrogens with zero attached hydrogens (tertiary/aromatic N) is 1. The maximum Gasteiger partial charge on any atom is 0.379 e. The number of unbranched alkanes of at least 4 members (excludes halogenated alkanes) is 3. The molecule has 5 nitrogen and oxygen atoms in total. The van der Waals surface area contributed by atoms with Gasteiger partial charge in [-0.25, -0.2) is 18.6 Å². The van der Waals surface area contributed by atoms with Crippen LogP contribution >= 0.6 is 0 Å². The molecule has 0 atom stereocenters.